The Kier molecular flexibility index (Phi) is 3.54. The normalized spacial score (nSPS) is 17.6. The minimum atomic E-state index is -0.750. The first kappa shape index (κ1) is 12.6. The number of carbonyl (C=O) groups is 1. The number of carbonyl (C=O) groups excluding carboxylic acids is 1. The zero-order valence-electron chi connectivity index (χ0n) is 10.5. The largest absolute Gasteiger partial charge is 0.350 e. The van der Waals surface area contributed by atoms with Crippen molar-refractivity contribution >= 4 is 17.2 Å². The van der Waals surface area contributed by atoms with Crippen LogP contribution in [0.15, 0.2) is 6.07 Å². The first-order valence-corrected chi connectivity index (χ1v) is 7.02. The van der Waals surface area contributed by atoms with Gasteiger partial charge in [0.05, 0.1) is 12.1 Å². The van der Waals surface area contributed by atoms with E-state index in [9.17, 15) is 4.79 Å². The van der Waals surface area contributed by atoms with E-state index in [1.54, 1.807) is 6.92 Å². The summed E-state index contributed by atoms with van der Waals surface area (Å²) in [6, 6.07) is 2.23. The molecule has 1 aliphatic rings. The summed E-state index contributed by atoms with van der Waals surface area (Å²) in [4.78, 5) is 14.6. The molecule has 1 heterocycles. The third-order valence-electron chi connectivity index (χ3n) is 3.47. The van der Waals surface area contributed by atoms with Crippen molar-refractivity contribution in [3.05, 3.63) is 21.4 Å². The van der Waals surface area contributed by atoms with Gasteiger partial charge in [-0.25, -0.2) is 0 Å². The molecule has 0 saturated carbocycles. The number of fused-ring (bicyclic) bond motifs is 1. The lowest BCUT2D eigenvalue weighted by molar-refractivity contribution is -0.126. The van der Waals surface area contributed by atoms with E-state index < -0.39 is 5.54 Å². The Bertz CT molecular complexity index is 402. The summed E-state index contributed by atoms with van der Waals surface area (Å²) in [5.74, 6) is -0.0615. The van der Waals surface area contributed by atoms with Gasteiger partial charge >= 0.3 is 0 Å². The van der Waals surface area contributed by atoms with E-state index in [4.69, 9.17) is 5.73 Å². The number of amides is 1. The smallest absolute Gasteiger partial charge is 0.240 e. The van der Waals surface area contributed by atoms with Crippen LogP contribution in [0.4, 0.5) is 0 Å². The van der Waals surface area contributed by atoms with Crippen LogP contribution in [0.1, 0.15) is 42.0 Å². The van der Waals surface area contributed by atoms with Gasteiger partial charge in [0.15, 0.2) is 0 Å². The van der Waals surface area contributed by atoms with Crippen LogP contribution in [0.3, 0.4) is 0 Å². The van der Waals surface area contributed by atoms with Gasteiger partial charge in [-0.15, -0.1) is 11.3 Å². The Hall–Kier alpha value is -0.870. The van der Waals surface area contributed by atoms with Crippen LogP contribution in [0.25, 0.3) is 0 Å². The molecular weight excluding hydrogens is 232 g/mol. The van der Waals surface area contributed by atoms with E-state index in [1.165, 1.54) is 34.6 Å². The molecule has 17 heavy (non-hydrogen) atoms. The second-order valence-corrected chi connectivity index (χ2v) is 6.19. The molecule has 0 radical (unpaired) electrons. The molecule has 0 aliphatic heterocycles. The molecule has 0 bridgehead atoms. The molecule has 0 aromatic carbocycles. The van der Waals surface area contributed by atoms with Crippen LogP contribution < -0.4 is 11.1 Å². The molecule has 3 N–H and O–H groups in total. The molecule has 1 atom stereocenters. The highest BCUT2D eigenvalue weighted by Crippen LogP contribution is 2.30. The van der Waals surface area contributed by atoms with Crippen molar-refractivity contribution in [1.82, 2.24) is 5.32 Å². The van der Waals surface area contributed by atoms with Crippen molar-refractivity contribution in [1.29, 1.82) is 0 Å². The first-order chi connectivity index (χ1) is 8.03. The van der Waals surface area contributed by atoms with Crippen molar-refractivity contribution in [3.63, 3.8) is 0 Å². The third-order valence-corrected chi connectivity index (χ3v) is 4.71. The van der Waals surface area contributed by atoms with Gasteiger partial charge in [-0.3, -0.25) is 4.79 Å². The number of aryl methyl sites for hydroxylation is 2. The van der Waals surface area contributed by atoms with Crippen molar-refractivity contribution in [3.8, 4) is 0 Å². The Morgan fingerprint density at radius 3 is 3.00 bits per heavy atom. The topological polar surface area (TPSA) is 55.1 Å². The van der Waals surface area contributed by atoms with Gasteiger partial charge in [-0.05, 0) is 44.2 Å². The molecule has 0 saturated heterocycles. The molecule has 0 fully saturated rings. The minimum Gasteiger partial charge on any atom is -0.350 e. The quantitative estimate of drug-likeness (QED) is 0.861. The maximum Gasteiger partial charge on any atom is 0.240 e. The van der Waals surface area contributed by atoms with Gasteiger partial charge in [0.25, 0.3) is 0 Å². The monoisotopic (exact) mass is 252 g/mol. The van der Waals surface area contributed by atoms with E-state index >= 15 is 0 Å². The average molecular weight is 252 g/mol. The minimum absolute atomic E-state index is 0.0615. The summed E-state index contributed by atoms with van der Waals surface area (Å²) in [6.07, 6.45) is 4.34. The summed E-state index contributed by atoms with van der Waals surface area (Å²) >= 11 is 1.83. The van der Waals surface area contributed by atoms with Crippen LogP contribution >= 0.6 is 11.3 Å². The molecule has 2 rings (SSSR count). The summed E-state index contributed by atoms with van der Waals surface area (Å²) < 4.78 is 0. The molecular formula is C13H20N2OS. The predicted molar refractivity (Wildman–Crippen MR) is 71.1 cm³/mol. The van der Waals surface area contributed by atoms with E-state index in [1.807, 2.05) is 18.3 Å². The Labute approximate surface area is 106 Å². The maximum atomic E-state index is 11.8. The maximum absolute atomic E-state index is 11.8. The summed E-state index contributed by atoms with van der Waals surface area (Å²) in [5.41, 5.74) is 6.61. The number of thiophene rings is 1. The molecule has 3 nitrogen and oxygen atoms in total. The number of hydrogen-bond acceptors (Lipinski definition) is 3. The van der Waals surface area contributed by atoms with Crippen LogP contribution in [0, 0.1) is 0 Å². The second-order valence-electron chi connectivity index (χ2n) is 4.97. The molecule has 94 valence electrons. The highest BCUT2D eigenvalue weighted by molar-refractivity contribution is 7.12. The number of rotatable bonds is 4. The van der Waals surface area contributed by atoms with E-state index in [0.29, 0.717) is 13.0 Å². The lowest BCUT2D eigenvalue weighted by Gasteiger charge is -2.21. The van der Waals surface area contributed by atoms with E-state index in [-0.39, 0.29) is 5.91 Å². The van der Waals surface area contributed by atoms with Gasteiger partial charge in [-0.2, -0.15) is 0 Å². The van der Waals surface area contributed by atoms with Crippen LogP contribution in [0.2, 0.25) is 0 Å². The van der Waals surface area contributed by atoms with Crippen molar-refractivity contribution < 1.29 is 4.79 Å². The van der Waals surface area contributed by atoms with Gasteiger partial charge in [-0.1, -0.05) is 6.92 Å². The highest BCUT2D eigenvalue weighted by atomic mass is 32.1. The average Bonchev–Trinajstić information content (AvgIpc) is 2.85. The Morgan fingerprint density at radius 1 is 1.59 bits per heavy atom. The number of hydrogen-bond donors (Lipinski definition) is 2. The molecule has 0 spiro atoms. The van der Waals surface area contributed by atoms with Gasteiger partial charge < -0.3 is 11.1 Å². The van der Waals surface area contributed by atoms with Gasteiger partial charge in [0.2, 0.25) is 5.91 Å². The summed E-state index contributed by atoms with van der Waals surface area (Å²) in [6.45, 7) is 4.32. The molecule has 1 aromatic rings. The van der Waals surface area contributed by atoms with Crippen molar-refractivity contribution in [2.45, 2.75) is 51.6 Å². The Morgan fingerprint density at radius 2 is 2.35 bits per heavy atom. The number of nitrogens with one attached hydrogen (secondary N) is 1. The third kappa shape index (κ3) is 2.69. The molecule has 4 heteroatoms. The highest BCUT2D eigenvalue weighted by Gasteiger charge is 2.25. The fourth-order valence-electron chi connectivity index (χ4n) is 2.01. The van der Waals surface area contributed by atoms with Crippen molar-refractivity contribution in [2.75, 3.05) is 0 Å². The number of nitrogens with two attached hydrogens (primary N) is 1. The van der Waals surface area contributed by atoms with E-state index in [0.717, 1.165) is 0 Å². The van der Waals surface area contributed by atoms with Crippen LogP contribution in [-0.2, 0) is 24.2 Å². The fourth-order valence-corrected chi connectivity index (χ4v) is 3.21. The second kappa shape index (κ2) is 4.78. The molecule has 1 amide bonds. The molecule has 1 aromatic heterocycles. The zero-order valence-corrected chi connectivity index (χ0v) is 11.3. The fraction of sp³-hybridized carbons (Fsp3) is 0.615. The SMILES string of the molecule is CCC(C)(N)C(=O)NCc1cc2c(s1)CCC2. The van der Waals surface area contributed by atoms with E-state index in [2.05, 4.69) is 11.4 Å². The predicted octanol–water partition coefficient (Wildman–Crippen LogP) is 1.98. The lowest BCUT2D eigenvalue weighted by atomic mass is 10.00. The standard InChI is InChI=1S/C13H20N2OS/c1-3-13(2,14)12(16)15-8-10-7-9-5-4-6-11(9)17-10/h7H,3-6,8,14H2,1-2H3,(H,15,16). The van der Waals surface area contributed by atoms with Crippen molar-refractivity contribution in [2.24, 2.45) is 5.73 Å². The molecule has 1 unspecified atom stereocenters. The Balaban J connectivity index is 1.92. The zero-order chi connectivity index (χ0) is 12.5. The van der Waals surface area contributed by atoms with Gasteiger partial charge in [0.1, 0.15) is 0 Å². The van der Waals surface area contributed by atoms with Crippen LogP contribution in [-0.4, -0.2) is 11.4 Å². The first-order valence-electron chi connectivity index (χ1n) is 6.20. The summed E-state index contributed by atoms with van der Waals surface area (Å²) in [7, 11) is 0. The lowest BCUT2D eigenvalue weighted by Crippen LogP contribution is -2.50. The summed E-state index contributed by atoms with van der Waals surface area (Å²) in [5, 5.41) is 2.93. The van der Waals surface area contributed by atoms with Gasteiger partial charge in [0, 0.05) is 9.75 Å². The van der Waals surface area contributed by atoms with Crippen LogP contribution in [0.5, 0.6) is 0 Å². The molecule has 1 aliphatic carbocycles.